The normalized spacial score (nSPS) is 11.3. The van der Waals surface area contributed by atoms with Crippen molar-refractivity contribution in [1.29, 1.82) is 0 Å². The van der Waals surface area contributed by atoms with Gasteiger partial charge in [-0.15, -0.1) is 0 Å². The van der Waals surface area contributed by atoms with E-state index in [4.69, 9.17) is 0 Å². The van der Waals surface area contributed by atoms with Crippen molar-refractivity contribution in [1.82, 2.24) is 19.9 Å². The monoisotopic (exact) mass is 526 g/mol. The zero-order chi connectivity index (χ0) is 26.7. The van der Waals surface area contributed by atoms with Crippen molar-refractivity contribution >= 4 is 9.84 Å². The molecule has 0 unspecified atom stereocenters. The molecule has 0 fully saturated rings. The van der Waals surface area contributed by atoms with Gasteiger partial charge in [-0.3, -0.25) is 19.9 Å². The lowest BCUT2D eigenvalue weighted by molar-refractivity contribution is 0.596. The third-order valence-corrected chi connectivity index (χ3v) is 8.13. The van der Waals surface area contributed by atoms with E-state index in [9.17, 15) is 8.42 Å². The Kier molecular flexibility index (Phi) is 6.49. The van der Waals surface area contributed by atoms with E-state index < -0.39 is 9.84 Å². The molecule has 4 aromatic heterocycles. The predicted octanol–water partition coefficient (Wildman–Crippen LogP) is 6.77. The first-order valence-corrected chi connectivity index (χ1v) is 13.7. The molecule has 6 aromatic rings. The van der Waals surface area contributed by atoms with Crippen molar-refractivity contribution < 1.29 is 8.42 Å². The highest BCUT2D eigenvalue weighted by molar-refractivity contribution is 7.91. The Morgan fingerprint density at radius 3 is 0.897 bits per heavy atom. The number of sulfone groups is 1. The topological polar surface area (TPSA) is 85.7 Å². The van der Waals surface area contributed by atoms with Crippen molar-refractivity contribution in [2.45, 2.75) is 9.79 Å². The Balaban J connectivity index is 1.57. The number of nitrogens with zero attached hydrogens (tertiary/aromatic N) is 4. The molecule has 2 aromatic carbocycles. The number of hydrogen-bond donors (Lipinski definition) is 0. The Labute approximate surface area is 226 Å². The quantitative estimate of drug-likeness (QED) is 0.238. The summed E-state index contributed by atoms with van der Waals surface area (Å²) in [5.41, 5.74) is 6.27. The minimum absolute atomic E-state index is 0.183. The third kappa shape index (κ3) is 5.08. The van der Waals surface area contributed by atoms with Gasteiger partial charge in [0, 0.05) is 71.8 Å². The van der Waals surface area contributed by atoms with Gasteiger partial charge in [-0.05, 0) is 82.9 Å². The van der Waals surface area contributed by atoms with Crippen LogP contribution in [-0.4, -0.2) is 28.4 Å². The first-order chi connectivity index (χ1) is 19.1. The molecular formula is C32H22N4O2S. The maximum absolute atomic E-state index is 14.3. The van der Waals surface area contributed by atoms with Crippen LogP contribution in [0, 0.1) is 0 Å². The van der Waals surface area contributed by atoms with Crippen LogP contribution in [0.15, 0.2) is 144 Å². The summed E-state index contributed by atoms with van der Waals surface area (Å²) in [6.07, 6.45) is 13.7. The first-order valence-electron chi connectivity index (χ1n) is 12.2. The number of aromatic nitrogens is 4. The largest absolute Gasteiger partial charge is 0.264 e. The third-order valence-electron chi connectivity index (χ3n) is 6.41. The summed E-state index contributed by atoms with van der Waals surface area (Å²) in [4.78, 5) is 17.3. The van der Waals surface area contributed by atoms with Crippen molar-refractivity contribution in [2.24, 2.45) is 0 Å². The fraction of sp³-hybridized carbons (Fsp3) is 0. The Hall–Kier alpha value is -5.01. The fourth-order valence-electron chi connectivity index (χ4n) is 4.45. The van der Waals surface area contributed by atoms with Crippen LogP contribution in [0.5, 0.6) is 0 Å². The van der Waals surface area contributed by atoms with E-state index in [1.807, 2.05) is 60.7 Å². The highest BCUT2D eigenvalue weighted by atomic mass is 32.2. The number of hydrogen-bond acceptors (Lipinski definition) is 6. The molecule has 7 heteroatoms. The molecule has 0 saturated heterocycles. The molecule has 0 bridgehead atoms. The molecule has 0 aliphatic heterocycles. The molecule has 39 heavy (non-hydrogen) atoms. The lowest BCUT2D eigenvalue weighted by Crippen LogP contribution is -2.04. The van der Waals surface area contributed by atoms with Crippen LogP contribution in [0.2, 0.25) is 0 Å². The van der Waals surface area contributed by atoms with Crippen molar-refractivity contribution in [2.75, 3.05) is 0 Å². The maximum Gasteiger partial charge on any atom is 0.206 e. The van der Waals surface area contributed by atoms with Crippen molar-refractivity contribution in [3.8, 4) is 44.5 Å². The van der Waals surface area contributed by atoms with E-state index in [1.54, 1.807) is 73.8 Å². The standard InChI is InChI=1S/C32H22N4O2S/c37-39(38,31-15-27(23-5-1-9-33-19-23)13-28(16-31)24-6-2-10-34-20-24)32-17-29(25-7-3-11-35-21-25)14-30(18-32)26-8-4-12-36-22-26/h1-22H. The molecule has 6 nitrogen and oxygen atoms in total. The summed E-state index contributed by atoms with van der Waals surface area (Å²) in [5, 5.41) is 0. The zero-order valence-corrected chi connectivity index (χ0v) is 21.5. The van der Waals surface area contributed by atoms with E-state index in [1.165, 1.54) is 0 Å². The second-order valence-corrected chi connectivity index (χ2v) is 10.9. The van der Waals surface area contributed by atoms with Gasteiger partial charge in [-0.1, -0.05) is 24.3 Å². The molecular weight excluding hydrogens is 504 g/mol. The average Bonchev–Trinajstić information content (AvgIpc) is 3.02. The molecule has 0 aliphatic rings. The molecule has 4 heterocycles. The molecule has 0 radical (unpaired) electrons. The minimum atomic E-state index is -3.94. The molecule has 6 rings (SSSR count). The summed E-state index contributed by atoms with van der Waals surface area (Å²) >= 11 is 0. The van der Waals surface area contributed by atoms with Gasteiger partial charge in [0.15, 0.2) is 0 Å². The van der Waals surface area contributed by atoms with E-state index in [2.05, 4.69) is 19.9 Å². The van der Waals surface area contributed by atoms with Crippen LogP contribution >= 0.6 is 0 Å². The summed E-state index contributed by atoms with van der Waals surface area (Å²) in [6, 6.07) is 25.7. The molecule has 0 atom stereocenters. The van der Waals surface area contributed by atoms with Gasteiger partial charge in [0.05, 0.1) is 9.79 Å². The van der Waals surface area contributed by atoms with Crippen molar-refractivity contribution in [3.05, 3.63) is 135 Å². The summed E-state index contributed by atoms with van der Waals surface area (Å²) in [6.45, 7) is 0. The van der Waals surface area contributed by atoms with E-state index >= 15 is 0 Å². The van der Waals surface area contributed by atoms with Gasteiger partial charge < -0.3 is 0 Å². The molecule has 188 valence electrons. The first kappa shape index (κ1) is 24.3. The Bertz CT molecular complexity index is 1600. The van der Waals surface area contributed by atoms with Gasteiger partial charge in [0.2, 0.25) is 9.84 Å². The molecule has 0 amide bonds. The summed E-state index contributed by atoms with van der Waals surface area (Å²) < 4.78 is 28.6. The number of rotatable bonds is 6. The Morgan fingerprint density at radius 2 is 0.667 bits per heavy atom. The van der Waals surface area contributed by atoms with Crippen LogP contribution in [0.4, 0.5) is 0 Å². The lowest BCUT2D eigenvalue weighted by atomic mass is 10.0. The summed E-state index contributed by atoms with van der Waals surface area (Å²) in [7, 11) is -3.94. The lowest BCUT2D eigenvalue weighted by Gasteiger charge is -2.14. The highest BCUT2D eigenvalue weighted by Gasteiger charge is 2.22. The number of pyridine rings is 4. The maximum atomic E-state index is 14.3. The fourth-order valence-corrected chi connectivity index (χ4v) is 5.85. The zero-order valence-electron chi connectivity index (χ0n) is 20.7. The van der Waals surface area contributed by atoms with E-state index in [-0.39, 0.29) is 9.79 Å². The predicted molar refractivity (Wildman–Crippen MR) is 151 cm³/mol. The highest BCUT2D eigenvalue weighted by Crippen LogP contribution is 2.35. The minimum Gasteiger partial charge on any atom is -0.264 e. The van der Waals surface area contributed by atoms with Gasteiger partial charge >= 0.3 is 0 Å². The van der Waals surface area contributed by atoms with Crippen LogP contribution < -0.4 is 0 Å². The SMILES string of the molecule is O=S(=O)(c1cc(-c2cccnc2)cc(-c2cccnc2)c1)c1cc(-c2cccnc2)cc(-c2cccnc2)c1. The summed E-state index contributed by atoms with van der Waals surface area (Å²) in [5.74, 6) is 0. The molecule has 0 N–H and O–H groups in total. The molecule has 0 aliphatic carbocycles. The molecule has 0 spiro atoms. The van der Waals surface area contributed by atoms with E-state index in [0.717, 1.165) is 44.5 Å². The second kappa shape index (κ2) is 10.4. The average molecular weight is 527 g/mol. The van der Waals surface area contributed by atoms with Gasteiger partial charge in [0.25, 0.3) is 0 Å². The van der Waals surface area contributed by atoms with Gasteiger partial charge in [0.1, 0.15) is 0 Å². The number of benzene rings is 2. The van der Waals surface area contributed by atoms with Gasteiger partial charge in [-0.2, -0.15) is 0 Å². The van der Waals surface area contributed by atoms with Crippen LogP contribution in [0.1, 0.15) is 0 Å². The second-order valence-electron chi connectivity index (χ2n) is 8.96. The van der Waals surface area contributed by atoms with Crippen LogP contribution in [0.3, 0.4) is 0 Å². The van der Waals surface area contributed by atoms with Crippen LogP contribution in [0.25, 0.3) is 44.5 Å². The smallest absolute Gasteiger partial charge is 0.206 e. The van der Waals surface area contributed by atoms with Gasteiger partial charge in [-0.25, -0.2) is 8.42 Å². The van der Waals surface area contributed by atoms with Crippen LogP contribution in [-0.2, 0) is 9.84 Å². The molecule has 0 saturated carbocycles. The van der Waals surface area contributed by atoms with E-state index in [0.29, 0.717) is 0 Å². The Morgan fingerprint density at radius 1 is 0.385 bits per heavy atom. The van der Waals surface area contributed by atoms with Crippen molar-refractivity contribution in [3.63, 3.8) is 0 Å².